The molecular formula is C19H18BrF2N3O2S. The zero-order valence-electron chi connectivity index (χ0n) is 15.0. The summed E-state index contributed by atoms with van der Waals surface area (Å²) >= 11 is 8.79. The van der Waals surface area contributed by atoms with Gasteiger partial charge in [0.15, 0.2) is 5.11 Å². The topological polar surface area (TPSA) is 55.8 Å². The Labute approximate surface area is 175 Å². The van der Waals surface area contributed by atoms with Crippen LogP contribution in [0, 0.1) is 18.6 Å². The van der Waals surface area contributed by atoms with E-state index >= 15 is 0 Å². The summed E-state index contributed by atoms with van der Waals surface area (Å²) in [6.07, 6.45) is 0. The molecule has 0 bridgehead atoms. The second kappa shape index (κ2) is 8.40. The number of aromatic carboxylic acids is 1. The SMILES string of the molecule is Cc1cc(Br)ccc1N1CCN(C(=S)Nc2cc(F)c(C(=O)O)cc2F)CC1. The van der Waals surface area contributed by atoms with E-state index in [1.54, 1.807) is 0 Å². The summed E-state index contributed by atoms with van der Waals surface area (Å²) in [7, 11) is 0. The molecule has 1 aliphatic heterocycles. The highest BCUT2D eigenvalue weighted by atomic mass is 79.9. The molecular weight excluding hydrogens is 452 g/mol. The summed E-state index contributed by atoms with van der Waals surface area (Å²) in [5.74, 6) is -3.41. The number of halogens is 3. The normalized spacial score (nSPS) is 14.1. The molecule has 0 aliphatic carbocycles. The maximum absolute atomic E-state index is 14.1. The number of rotatable bonds is 3. The average molecular weight is 470 g/mol. The predicted octanol–water partition coefficient (Wildman–Crippen LogP) is 4.25. The van der Waals surface area contributed by atoms with E-state index in [2.05, 4.69) is 45.2 Å². The molecule has 0 amide bonds. The Morgan fingerprint density at radius 2 is 1.82 bits per heavy atom. The van der Waals surface area contributed by atoms with Crippen LogP contribution in [0.1, 0.15) is 15.9 Å². The van der Waals surface area contributed by atoms with E-state index in [0.717, 1.165) is 29.3 Å². The number of hydrogen-bond donors (Lipinski definition) is 2. The molecule has 1 fully saturated rings. The summed E-state index contributed by atoms with van der Waals surface area (Å²) in [4.78, 5) is 15.0. The maximum atomic E-state index is 14.1. The van der Waals surface area contributed by atoms with E-state index in [1.165, 1.54) is 5.56 Å². The molecule has 5 nitrogen and oxygen atoms in total. The largest absolute Gasteiger partial charge is 0.478 e. The van der Waals surface area contributed by atoms with Crippen molar-refractivity contribution in [3.05, 3.63) is 57.6 Å². The Hall–Kier alpha value is -2.26. The summed E-state index contributed by atoms with van der Waals surface area (Å²) in [5.41, 5.74) is 1.42. The summed E-state index contributed by atoms with van der Waals surface area (Å²) < 4.78 is 28.9. The van der Waals surface area contributed by atoms with Gasteiger partial charge in [-0.2, -0.15) is 0 Å². The minimum absolute atomic E-state index is 0.182. The van der Waals surface area contributed by atoms with E-state index in [1.807, 2.05) is 11.0 Å². The fourth-order valence-corrected chi connectivity index (χ4v) is 3.89. The monoisotopic (exact) mass is 469 g/mol. The fraction of sp³-hybridized carbons (Fsp3) is 0.263. The van der Waals surface area contributed by atoms with Gasteiger partial charge < -0.3 is 20.2 Å². The lowest BCUT2D eigenvalue weighted by Gasteiger charge is -2.38. The van der Waals surface area contributed by atoms with Gasteiger partial charge >= 0.3 is 5.97 Å². The van der Waals surface area contributed by atoms with Crippen LogP contribution in [0.3, 0.4) is 0 Å². The minimum atomic E-state index is -1.52. The molecule has 1 aliphatic rings. The molecule has 2 N–H and O–H groups in total. The third kappa shape index (κ3) is 4.41. The lowest BCUT2D eigenvalue weighted by molar-refractivity contribution is 0.0691. The highest BCUT2D eigenvalue weighted by molar-refractivity contribution is 9.10. The number of hydrogen-bond acceptors (Lipinski definition) is 3. The van der Waals surface area contributed by atoms with Crippen LogP contribution in [-0.2, 0) is 0 Å². The molecule has 2 aromatic rings. The van der Waals surface area contributed by atoms with E-state index in [0.29, 0.717) is 19.2 Å². The average Bonchev–Trinajstić information content (AvgIpc) is 2.64. The Balaban J connectivity index is 1.64. The first-order chi connectivity index (χ1) is 13.3. The highest BCUT2D eigenvalue weighted by Gasteiger charge is 2.22. The molecule has 1 saturated heterocycles. The molecule has 0 aromatic heterocycles. The van der Waals surface area contributed by atoms with Crippen molar-refractivity contribution >= 4 is 50.6 Å². The zero-order chi connectivity index (χ0) is 20.4. The number of carbonyl (C=O) groups is 1. The number of thiocarbonyl (C=S) groups is 1. The summed E-state index contributed by atoms with van der Waals surface area (Å²) in [5, 5.41) is 11.8. The first-order valence-corrected chi connectivity index (χ1v) is 9.75. The number of carboxylic acid groups (broad SMARTS) is 1. The smallest absolute Gasteiger partial charge is 0.338 e. The molecule has 0 radical (unpaired) electrons. The van der Waals surface area contributed by atoms with E-state index in [-0.39, 0.29) is 10.8 Å². The second-order valence-electron chi connectivity index (χ2n) is 6.45. The van der Waals surface area contributed by atoms with Gasteiger partial charge in [-0.3, -0.25) is 0 Å². The first-order valence-electron chi connectivity index (χ1n) is 8.55. The number of nitrogens with zero attached hydrogens (tertiary/aromatic N) is 2. The summed E-state index contributed by atoms with van der Waals surface area (Å²) in [6, 6.07) is 7.59. The van der Waals surface area contributed by atoms with Crippen LogP contribution >= 0.6 is 28.1 Å². The Morgan fingerprint density at radius 3 is 2.43 bits per heavy atom. The van der Waals surface area contributed by atoms with Crippen molar-refractivity contribution < 1.29 is 18.7 Å². The minimum Gasteiger partial charge on any atom is -0.478 e. The number of nitrogens with one attached hydrogen (secondary N) is 1. The van der Waals surface area contributed by atoms with E-state index < -0.39 is 23.2 Å². The number of aryl methyl sites for hydroxylation is 1. The molecule has 28 heavy (non-hydrogen) atoms. The third-order valence-corrected chi connectivity index (χ3v) is 5.45. The van der Waals surface area contributed by atoms with Gasteiger partial charge in [-0.25, -0.2) is 13.6 Å². The molecule has 0 spiro atoms. The molecule has 0 unspecified atom stereocenters. The van der Waals surface area contributed by atoms with Gasteiger partial charge in [0, 0.05) is 42.4 Å². The molecule has 9 heteroatoms. The van der Waals surface area contributed by atoms with Crippen molar-refractivity contribution in [3.8, 4) is 0 Å². The number of benzene rings is 2. The van der Waals surface area contributed by atoms with E-state index in [4.69, 9.17) is 17.3 Å². The van der Waals surface area contributed by atoms with Gasteiger partial charge in [0.05, 0.1) is 11.3 Å². The van der Waals surface area contributed by atoms with Crippen LogP contribution in [0.5, 0.6) is 0 Å². The second-order valence-corrected chi connectivity index (χ2v) is 7.75. The Morgan fingerprint density at radius 1 is 1.14 bits per heavy atom. The quantitative estimate of drug-likeness (QED) is 0.655. The van der Waals surface area contributed by atoms with Crippen molar-refractivity contribution in [2.45, 2.75) is 6.92 Å². The van der Waals surface area contributed by atoms with Gasteiger partial charge in [0.25, 0.3) is 0 Å². The van der Waals surface area contributed by atoms with Gasteiger partial charge in [-0.15, -0.1) is 0 Å². The molecule has 0 saturated carbocycles. The van der Waals surface area contributed by atoms with Gasteiger partial charge in [0.2, 0.25) is 0 Å². The van der Waals surface area contributed by atoms with Gasteiger partial charge in [0.1, 0.15) is 11.6 Å². The van der Waals surface area contributed by atoms with Crippen molar-refractivity contribution in [1.29, 1.82) is 0 Å². The molecule has 3 rings (SSSR count). The lowest BCUT2D eigenvalue weighted by Crippen LogP contribution is -2.50. The number of piperazine rings is 1. The Bertz CT molecular complexity index is 934. The van der Waals surface area contributed by atoms with Crippen LogP contribution in [-0.4, -0.2) is 47.3 Å². The van der Waals surface area contributed by atoms with Crippen molar-refractivity contribution in [2.75, 3.05) is 36.4 Å². The molecule has 0 atom stereocenters. The summed E-state index contributed by atoms with van der Waals surface area (Å²) in [6.45, 7) is 4.77. The van der Waals surface area contributed by atoms with Crippen molar-refractivity contribution in [2.24, 2.45) is 0 Å². The Kier molecular flexibility index (Phi) is 6.14. The molecule has 148 valence electrons. The standard InChI is InChI=1S/C19H18BrF2N3O2S/c1-11-8-12(20)2-3-17(11)24-4-6-25(7-5-24)19(28)23-16-10-14(21)13(18(26)27)9-15(16)22/h2-3,8-10H,4-7H2,1H3,(H,23,28)(H,26,27). The predicted molar refractivity (Wildman–Crippen MR) is 112 cm³/mol. The number of anilines is 2. The third-order valence-electron chi connectivity index (χ3n) is 4.60. The first kappa shape index (κ1) is 20.5. The van der Waals surface area contributed by atoms with Crippen LogP contribution in [0.4, 0.5) is 20.2 Å². The molecule has 1 heterocycles. The maximum Gasteiger partial charge on any atom is 0.338 e. The fourth-order valence-electron chi connectivity index (χ4n) is 3.12. The van der Waals surface area contributed by atoms with E-state index in [9.17, 15) is 13.6 Å². The van der Waals surface area contributed by atoms with Crippen molar-refractivity contribution in [3.63, 3.8) is 0 Å². The van der Waals surface area contributed by atoms with Gasteiger partial charge in [-0.05, 0) is 49.0 Å². The van der Waals surface area contributed by atoms with Gasteiger partial charge in [-0.1, -0.05) is 15.9 Å². The van der Waals surface area contributed by atoms with Crippen LogP contribution in [0.2, 0.25) is 0 Å². The molecule has 2 aromatic carbocycles. The van der Waals surface area contributed by atoms with Crippen molar-refractivity contribution in [1.82, 2.24) is 4.90 Å². The van der Waals surface area contributed by atoms with Crippen LogP contribution in [0.15, 0.2) is 34.8 Å². The zero-order valence-corrected chi connectivity index (χ0v) is 17.4. The van der Waals surface area contributed by atoms with Crippen LogP contribution in [0.25, 0.3) is 0 Å². The lowest BCUT2D eigenvalue weighted by atomic mass is 10.1. The number of carboxylic acids is 1. The highest BCUT2D eigenvalue weighted by Crippen LogP contribution is 2.25. The van der Waals surface area contributed by atoms with Crippen LogP contribution < -0.4 is 10.2 Å².